The highest BCUT2D eigenvalue weighted by Crippen LogP contribution is 2.38. The zero-order chi connectivity index (χ0) is 23.1. The molecule has 0 saturated carbocycles. The van der Waals surface area contributed by atoms with Gasteiger partial charge in [-0.1, -0.05) is 24.6 Å². The highest BCUT2D eigenvalue weighted by atomic mass is 32.2. The summed E-state index contributed by atoms with van der Waals surface area (Å²) in [5, 5.41) is 7.56. The van der Waals surface area contributed by atoms with Gasteiger partial charge in [-0.3, -0.25) is 14.4 Å². The maximum atomic E-state index is 13.7. The number of carbonyl (C=O) groups is 3. The number of esters is 1. The molecule has 0 unspecified atom stereocenters. The highest BCUT2D eigenvalue weighted by Gasteiger charge is 2.31. The number of nitrogens with zero attached hydrogens (tertiary/aromatic N) is 2. The Morgan fingerprint density at radius 1 is 1.22 bits per heavy atom. The summed E-state index contributed by atoms with van der Waals surface area (Å²) < 4.78 is 20.1. The van der Waals surface area contributed by atoms with Crippen LogP contribution in [-0.4, -0.2) is 45.7 Å². The molecule has 9 heteroatoms. The van der Waals surface area contributed by atoms with E-state index in [4.69, 9.17) is 4.74 Å². The molecule has 1 aromatic heterocycles. The minimum atomic E-state index is -0.467. The lowest BCUT2D eigenvalue weighted by Gasteiger charge is -2.10. The Morgan fingerprint density at radius 2 is 2.00 bits per heavy atom. The average molecular weight is 462 g/mol. The van der Waals surface area contributed by atoms with Crippen LogP contribution in [0.2, 0.25) is 0 Å². The Balaban J connectivity index is 1.65. The molecule has 0 atom stereocenters. The lowest BCUT2D eigenvalue weighted by atomic mass is 10.1. The van der Waals surface area contributed by atoms with E-state index in [9.17, 15) is 18.8 Å². The third kappa shape index (κ3) is 5.97. The number of carbonyl (C=O) groups excluding carboxylic acids is 3. The maximum absolute atomic E-state index is 13.7. The molecule has 1 aliphatic carbocycles. The number of aromatic nitrogens is 2. The van der Waals surface area contributed by atoms with Crippen molar-refractivity contribution in [3.8, 4) is 11.3 Å². The number of unbranched alkanes of at least 4 members (excludes halogenated alkanes) is 3. The molecular formula is C23H28FN3O4S. The molecule has 0 bridgehead atoms. The molecule has 0 fully saturated rings. The normalized spacial score (nSPS) is 11.7. The molecule has 32 heavy (non-hydrogen) atoms. The van der Waals surface area contributed by atoms with Gasteiger partial charge in [-0.05, 0) is 43.5 Å². The molecule has 172 valence electrons. The third-order valence-corrected chi connectivity index (χ3v) is 6.10. The third-order valence-electron chi connectivity index (χ3n) is 5.20. The van der Waals surface area contributed by atoms with Crippen molar-refractivity contribution in [2.75, 3.05) is 18.9 Å². The summed E-state index contributed by atoms with van der Waals surface area (Å²) in [5.41, 5.74) is 3.19. The fourth-order valence-corrected chi connectivity index (χ4v) is 4.43. The average Bonchev–Trinajstić information content (AvgIpc) is 3.24. The largest absolute Gasteiger partial charge is 0.465 e. The molecule has 0 spiro atoms. The second-order valence-electron chi connectivity index (χ2n) is 7.63. The van der Waals surface area contributed by atoms with Gasteiger partial charge in [0, 0.05) is 36.8 Å². The zero-order valence-electron chi connectivity index (χ0n) is 18.4. The van der Waals surface area contributed by atoms with Crippen LogP contribution in [0.3, 0.4) is 0 Å². The first-order valence-electron chi connectivity index (χ1n) is 10.9. The molecular weight excluding hydrogens is 433 g/mol. The van der Waals surface area contributed by atoms with Crippen LogP contribution in [0, 0.1) is 5.82 Å². The summed E-state index contributed by atoms with van der Waals surface area (Å²) in [5.74, 6) is -0.280. The Bertz CT molecular complexity index is 1010. The van der Waals surface area contributed by atoms with Gasteiger partial charge in [-0.25, -0.2) is 9.07 Å². The first-order valence-corrected chi connectivity index (χ1v) is 11.8. The summed E-state index contributed by atoms with van der Waals surface area (Å²) in [4.78, 5) is 36.0. The molecule has 1 aliphatic rings. The van der Waals surface area contributed by atoms with Crippen molar-refractivity contribution in [1.82, 2.24) is 15.1 Å². The quantitative estimate of drug-likeness (QED) is 0.346. The number of ether oxygens (including phenoxy) is 1. The van der Waals surface area contributed by atoms with Gasteiger partial charge in [0.15, 0.2) is 5.12 Å². The number of thioether (sulfide) groups is 1. The maximum Gasteiger partial charge on any atom is 0.327 e. The first-order chi connectivity index (χ1) is 15.4. The van der Waals surface area contributed by atoms with Crippen molar-refractivity contribution in [3.63, 3.8) is 0 Å². The second kappa shape index (κ2) is 11.3. The fourth-order valence-electron chi connectivity index (χ4n) is 3.79. The molecule has 7 nitrogen and oxygen atoms in total. The highest BCUT2D eigenvalue weighted by molar-refractivity contribution is 8.13. The van der Waals surface area contributed by atoms with Crippen molar-refractivity contribution in [2.24, 2.45) is 0 Å². The SMILES string of the molecule is CCOC(=O)Cn1nc2c(c1C(=O)NCCCCCCSC(C)=O)Cc1cc(F)ccc1-2. The monoisotopic (exact) mass is 461 g/mol. The molecule has 0 aliphatic heterocycles. The van der Waals surface area contributed by atoms with Crippen LogP contribution in [0.1, 0.15) is 61.1 Å². The van der Waals surface area contributed by atoms with Crippen molar-refractivity contribution >= 4 is 28.8 Å². The molecule has 1 aromatic carbocycles. The number of hydrogen-bond acceptors (Lipinski definition) is 6. The van der Waals surface area contributed by atoms with Crippen molar-refractivity contribution in [1.29, 1.82) is 0 Å². The van der Waals surface area contributed by atoms with E-state index >= 15 is 0 Å². The van der Waals surface area contributed by atoms with Crippen LogP contribution >= 0.6 is 11.8 Å². The van der Waals surface area contributed by atoms with Gasteiger partial charge in [0.05, 0.1) is 12.3 Å². The number of amides is 1. The van der Waals surface area contributed by atoms with E-state index in [-0.39, 0.29) is 30.0 Å². The van der Waals surface area contributed by atoms with Crippen molar-refractivity contribution in [2.45, 2.75) is 52.5 Å². The van der Waals surface area contributed by atoms with Gasteiger partial charge in [0.25, 0.3) is 5.91 Å². The predicted molar refractivity (Wildman–Crippen MR) is 121 cm³/mol. The van der Waals surface area contributed by atoms with E-state index in [2.05, 4.69) is 10.4 Å². The number of nitrogens with one attached hydrogen (secondary N) is 1. The Kier molecular flexibility index (Phi) is 8.44. The molecule has 3 rings (SSSR count). The fraction of sp³-hybridized carbons (Fsp3) is 0.478. The number of rotatable bonds is 11. The van der Waals surface area contributed by atoms with Gasteiger partial charge in [-0.15, -0.1) is 0 Å². The smallest absolute Gasteiger partial charge is 0.327 e. The minimum absolute atomic E-state index is 0.133. The van der Waals surface area contributed by atoms with Crippen LogP contribution in [0.25, 0.3) is 11.3 Å². The summed E-state index contributed by atoms with van der Waals surface area (Å²) >= 11 is 1.34. The van der Waals surface area contributed by atoms with Crippen LogP contribution in [0.15, 0.2) is 18.2 Å². The molecule has 1 N–H and O–H groups in total. The molecule has 2 aromatic rings. The summed E-state index contributed by atoms with van der Waals surface area (Å²) in [6.45, 7) is 3.87. The Morgan fingerprint density at radius 3 is 2.75 bits per heavy atom. The first kappa shape index (κ1) is 24.0. The van der Waals surface area contributed by atoms with Gasteiger partial charge < -0.3 is 10.1 Å². The van der Waals surface area contributed by atoms with Crippen LogP contribution in [-0.2, 0) is 27.3 Å². The Labute approximate surface area is 191 Å². The van der Waals surface area contributed by atoms with E-state index in [0.717, 1.165) is 42.6 Å². The minimum Gasteiger partial charge on any atom is -0.465 e. The van der Waals surface area contributed by atoms with Gasteiger partial charge in [-0.2, -0.15) is 5.10 Å². The molecule has 1 amide bonds. The lowest BCUT2D eigenvalue weighted by Crippen LogP contribution is -2.29. The van der Waals surface area contributed by atoms with Crippen LogP contribution < -0.4 is 5.32 Å². The van der Waals surface area contributed by atoms with E-state index in [1.807, 2.05) is 0 Å². The van der Waals surface area contributed by atoms with E-state index in [1.165, 1.54) is 28.6 Å². The van der Waals surface area contributed by atoms with E-state index < -0.39 is 5.97 Å². The zero-order valence-corrected chi connectivity index (χ0v) is 19.2. The molecule has 0 saturated heterocycles. The molecule has 0 radical (unpaired) electrons. The summed E-state index contributed by atoms with van der Waals surface area (Å²) in [6.07, 6.45) is 4.11. The standard InChI is InChI=1S/C23H28FN3O4S/c1-3-31-20(29)14-27-22(23(30)25-10-6-4-5-7-11-32-15(2)28)19-13-16-12-17(24)8-9-18(16)21(19)26-27/h8-9,12H,3-7,10-11,13-14H2,1-2H3,(H,25,30). The number of halogens is 1. The lowest BCUT2D eigenvalue weighted by molar-refractivity contribution is -0.144. The Hall–Kier alpha value is -2.68. The van der Waals surface area contributed by atoms with E-state index in [0.29, 0.717) is 29.9 Å². The molecule has 1 heterocycles. The van der Waals surface area contributed by atoms with Crippen molar-refractivity contribution < 1.29 is 23.5 Å². The van der Waals surface area contributed by atoms with Crippen LogP contribution in [0.4, 0.5) is 4.39 Å². The van der Waals surface area contributed by atoms with Gasteiger partial charge >= 0.3 is 5.97 Å². The second-order valence-corrected chi connectivity index (χ2v) is 8.90. The summed E-state index contributed by atoms with van der Waals surface area (Å²) in [6, 6.07) is 4.48. The van der Waals surface area contributed by atoms with Crippen LogP contribution in [0.5, 0.6) is 0 Å². The topological polar surface area (TPSA) is 90.3 Å². The van der Waals surface area contributed by atoms with Gasteiger partial charge in [0.2, 0.25) is 0 Å². The van der Waals surface area contributed by atoms with E-state index in [1.54, 1.807) is 19.9 Å². The van der Waals surface area contributed by atoms with Gasteiger partial charge in [0.1, 0.15) is 18.1 Å². The number of hydrogen-bond donors (Lipinski definition) is 1. The number of fused-ring (bicyclic) bond motifs is 3. The summed E-state index contributed by atoms with van der Waals surface area (Å²) in [7, 11) is 0. The predicted octanol–water partition coefficient (Wildman–Crippen LogP) is 3.73. The number of benzene rings is 1. The van der Waals surface area contributed by atoms with Crippen molar-refractivity contribution in [3.05, 3.63) is 40.8 Å².